The molecule has 25 heavy (non-hydrogen) atoms. The van der Waals surface area contributed by atoms with Gasteiger partial charge in [-0.15, -0.1) is 0 Å². The van der Waals surface area contributed by atoms with Crippen molar-refractivity contribution in [2.24, 2.45) is 0 Å². The minimum absolute atomic E-state index is 0.0286. The second-order valence-corrected chi connectivity index (χ2v) is 5.98. The number of halogens is 1. The smallest absolute Gasteiger partial charge is 0.317 e. The highest BCUT2D eigenvalue weighted by molar-refractivity contribution is 5.74. The van der Waals surface area contributed by atoms with Crippen molar-refractivity contribution in [2.75, 3.05) is 26.2 Å². The second-order valence-electron chi connectivity index (χ2n) is 5.98. The van der Waals surface area contributed by atoms with E-state index < -0.39 is 5.97 Å². The molecule has 2 rings (SSSR count). The number of ether oxygens (including phenoxy) is 1. The average Bonchev–Trinajstić information content (AvgIpc) is 2.54. The van der Waals surface area contributed by atoms with Crippen molar-refractivity contribution in [3.63, 3.8) is 0 Å². The van der Waals surface area contributed by atoms with Crippen LogP contribution in [0.3, 0.4) is 0 Å². The lowest BCUT2D eigenvalue weighted by Crippen LogP contribution is -2.56. The molecule has 0 unspecified atom stereocenters. The Kier molecular flexibility index (Phi) is 7.00. The quantitative estimate of drug-likeness (QED) is 0.585. The van der Waals surface area contributed by atoms with Crippen LogP contribution in [0.1, 0.15) is 19.8 Å². The number of benzene rings is 1. The first-order valence-corrected chi connectivity index (χ1v) is 8.36. The molecule has 3 N–H and O–H groups in total. The summed E-state index contributed by atoms with van der Waals surface area (Å²) in [7, 11) is 0. The second kappa shape index (κ2) is 9.22. The van der Waals surface area contributed by atoms with Gasteiger partial charge in [0.25, 0.3) is 0 Å². The van der Waals surface area contributed by atoms with E-state index in [0.717, 1.165) is 12.8 Å². The summed E-state index contributed by atoms with van der Waals surface area (Å²) in [6.45, 7) is 3.25. The number of likely N-dealkylation sites (N-methyl/N-ethyl adjacent to an activating group) is 1. The number of hydrogen-bond acceptors (Lipinski definition) is 4. The molecule has 138 valence electrons. The SMILES string of the molecule is CCN(CC(=O)O)C1CC(NC(=O)NCCOc2ccc(F)cc2)C1. The number of hydrogen-bond donors (Lipinski definition) is 3. The molecular weight excluding hydrogens is 329 g/mol. The lowest BCUT2D eigenvalue weighted by atomic mass is 9.85. The number of nitrogens with one attached hydrogen (secondary N) is 2. The largest absolute Gasteiger partial charge is 0.492 e. The molecule has 1 aromatic carbocycles. The Bertz CT molecular complexity index is 576. The molecule has 7 nitrogen and oxygen atoms in total. The molecule has 0 saturated heterocycles. The predicted octanol–water partition coefficient (Wildman–Crippen LogP) is 1.44. The molecule has 0 aromatic heterocycles. The number of carboxylic acid groups (broad SMARTS) is 1. The zero-order valence-corrected chi connectivity index (χ0v) is 14.2. The lowest BCUT2D eigenvalue weighted by molar-refractivity contribution is -0.139. The van der Waals surface area contributed by atoms with E-state index in [2.05, 4.69) is 10.6 Å². The van der Waals surface area contributed by atoms with Gasteiger partial charge in [0.2, 0.25) is 0 Å². The van der Waals surface area contributed by atoms with Gasteiger partial charge in [-0.2, -0.15) is 0 Å². The van der Waals surface area contributed by atoms with E-state index in [1.54, 1.807) is 0 Å². The van der Waals surface area contributed by atoms with Crippen LogP contribution >= 0.6 is 0 Å². The maximum Gasteiger partial charge on any atom is 0.317 e. The summed E-state index contributed by atoms with van der Waals surface area (Å²) in [5, 5.41) is 14.4. The van der Waals surface area contributed by atoms with Gasteiger partial charge in [-0.1, -0.05) is 6.92 Å². The molecule has 2 amide bonds. The molecule has 0 heterocycles. The fourth-order valence-electron chi connectivity index (χ4n) is 2.78. The molecule has 1 saturated carbocycles. The van der Waals surface area contributed by atoms with Gasteiger partial charge in [0.1, 0.15) is 18.2 Å². The van der Waals surface area contributed by atoms with Crippen LogP contribution in [0.15, 0.2) is 24.3 Å². The predicted molar refractivity (Wildman–Crippen MR) is 90.1 cm³/mol. The van der Waals surface area contributed by atoms with E-state index in [9.17, 15) is 14.0 Å². The summed E-state index contributed by atoms with van der Waals surface area (Å²) in [6.07, 6.45) is 1.50. The van der Waals surface area contributed by atoms with Crippen molar-refractivity contribution < 1.29 is 23.8 Å². The van der Waals surface area contributed by atoms with Crippen molar-refractivity contribution in [1.82, 2.24) is 15.5 Å². The van der Waals surface area contributed by atoms with Crippen LogP contribution in [0.4, 0.5) is 9.18 Å². The van der Waals surface area contributed by atoms with Crippen LogP contribution in [-0.4, -0.2) is 60.3 Å². The molecule has 1 aliphatic rings. The van der Waals surface area contributed by atoms with E-state index in [4.69, 9.17) is 9.84 Å². The van der Waals surface area contributed by atoms with Gasteiger partial charge in [-0.3, -0.25) is 9.69 Å². The van der Waals surface area contributed by atoms with E-state index in [-0.39, 0.29) is 37.1 Å². The highest BCUT2D eigenvalue weighted by Gasteiger charge is 2.34. The number of carbonyl (C=O) groups excluding carboxylic acids is 1. The third kappa shape index (κ3) is 6.22. The third-order valence-electron chi connectivity index (χ3n) is 4.18. The molecule has 0 atom stereocenters. The highest BCUT2D eigenvalue weighted by atomic mass is 19.1. The van der Waals surface area contributed by atoms with Crippen molar-refractivity contribution in [1.29, 1.82) is 0 Å². The van der Waals surface area contributed by atoms with Crippen molar-refractivity contribution >= 4 is 12.0 Å². The summed E-state index contributed by atoms with van der Waals surface area (Å²) < 4.78 is 18.1. The van der Waals surface area contributed by atoms with E-state index in [1.165, 1.54) is 24.3 Å². The van der Waals surface area contributed by atoms with Crippen molar-refractivity contribution in [3.05, 3.63) is 30.1 Å². The number of rotatable bonds is 9. The Morgan fingerprint density at radius 3 is 2.60 bits per heavy atom. The van der Waals surface area contributed by atoms with Crippen LogP contribution in [0.25, 0.3) is 0 Å². The first kappa shape index (κ1) is 19.0. The molecule has 1 aliphatic carbocycles. The number of amides is 2. The Balaban J connectivity index is 1.57. The molecule has 1 aromatic rings. The van der Waals surface area contributed by atoms with Crippen LogP contribution in [-0.2, 0) is 4.79 Å². The van der Waals surface area contributed by atoms with Crippen LogP contribution in [0, 0.1) is 5.82 Å². The summed E-state index contributed by atoms with van der Waals surface area (Å²) in [4.78, 5) is 24.5. The van der Waals surface area contributed by atoms with Crippen molar-refractivity contribution in [3.8, 4) is 5.75 Å². The number of aliphatic carboxylic acids is 1. The van der Waals surface area contributed by atoms with Gasteiger partial charge in [0, 0.05) is 12.1 Å². The van der Waals surface area contributed by atoms with E-state index >= 15 is 0 Å². The minimum Gasteiger partial charge on any atom is -0.492 e. The summed E-state index contributed by atoms with van der Waals surface area (Å²) in [5.74, 6) is -0.616. The summed E-state index contributed by atoms with van der Waals surface area (Å²) in [5.41, 5.74) is 0. The van der Waals surface area contributed by atoms with Gasteiger partial charge in [-0.05, 0) is 43.7 Å². The summed E-state index contributed by atoms with van der Waals surface area (Å²) in [6, 6.07) is 5.67. The standard InChI is InChI=1S/C17H24FN3O4/c1-2-21(11-16(22)23)14-9-13(10-14)20-17(24)19-7-8-25-15-5-3-12(18)4-6-15/h3-6,13-14H,2,7-11H2,1H3,(H,22,23)(H2,19,20,24). The number of urea groups is 1. The van der Waals surface area contributed by atoms with E-state index in [0.29, 0.717) is 18.8 Å². The van der Waals surface area contributed by atoms with Gasteiger partial charge in [0.05, 0.1) is 13.1 Å². The van der Waals surface area contributed by atoms with E-state index in [1.807, 2.05) is 11.8 Å². The topological polar surface area (TPSA) is 90.9 Å². The van der Waals surface area contributed by atoms with Crippen LogP contribution in [0.5, 0.6) is 5.75 Å². The number of nitrogens with zero attached hydrogens (tertiary/aromatic N) is 1. The number of carbonyl (C=O) groups is 2. The van der Waals surface area contributed by atoms with Crippen LogP contribution in [0.2, 0.25) is 0 Å². The normalized spacial score (nSPS) is 19.2. The van der Waals surface area contributed by atoms with Crippen LogP contribution < -0.4 is 15.4 Å². The molecule has 0 aliphatic heterocycles. The van der Waals surface area contributed by atoms with Gasteiger partial charge in [-0.25, -0.2) is 9.18 Å². The molecule has 0 bridgehead atoms. The molecule has 1 fully saturated rings. The Morgan fingerprint density at radius 1 is 1.32 bits per heavy atom. The fourth-order valence-corrected chi connectivity index (χ4v) is 2.78. The third-order valence-corrected chi connectivity index (χ3v) is 4.18. The Labute approximate surface area is 146 Å². The fraction of sp³-hybridized carbons (Fsp3) is 0.529. The average molecular weight is 353 g/mol. The molecular formula is C17H24FN3O4. The lowest BCUT2D eigenvalue weighted by Gasteiger charge is -2.42. The van der Waals surface area contributed by atoms with Gasteiger partial charge < -0.3 is 20.5 Å². The zero-order valence-electron chi connectivity index (χ0n) is 14.2. The van der Waals surface area contributed by atoms with Gasteiger partial charge >= 0.3 is 12.0 Å². The maximum atomic E-state index is 12.8. The Hall–Kier alpha value is -2.35. The molecule has 0 spiro atoms. The number of carboxylic acids is 1. The summed E-state index contributed by atoms with van der Waals surface area (Å²) >= 11 is 0. The molecule has 0 radical (unpaired) electrons. The first-order chi connectivity index (χ1) is 12.0. The highest BCUT2D eigenvalue weighted by Crippen LogP contribution is 2.25. The Morgan fingerprint density at radius 2 is 2.00 bits per heavy atom. The minimum atomic E-state index is -0.836. The first-order valence-electron chi connectivity index (χ1n) is 8.36. The monoisotopic (exact) mass is 353 g/mol. The molecule has 8 heteroatoms. The zero-order chi connectivity index (χ0) is 18.2. The van der Waals surface area contributed by atoms with Crippen molar-refractivity contribution in [2.45, 2.75) is 31.8 Å². The maximum absolute atomic E-state index is 12.8. The van der Waals surface area contributed by atoms with Gasteiger partial charge in [0.15, 0.2) is 0 Å².